The number of fused-ring (bicyclic) bond motifs is 1. The van der Waals surface area contributed by atoms with E-state index in [1.807, 2.05) is 24.3 Å². The summed E-state index contributed by atoms with van der Waals surface area (Å²) in [6.45, 7) is 6.29. The fraction of sp³-hybridized carbons (Fsp3) is 0.348. The van der Waals surface area contributed by atoms with Crippen molar-refractivity contribution in [3.8, 4) is 5.75 Å². The molecule has 0 saturated carbocycles. The van der Waals surface area contributed by atoms with Gasteiger partial charge in [-0.2, -0.15) is 9.78 Å². The lowest BCUT2D eigenvalue weighted by Gasteiger charge is -2.16. The Bertz CT molecular complexity index is 1150. The third kappa shape index (κ3) is 6.07. The molecule has 164 valence electrons. The molecule has 0 saturated heterocycles. The van der Waals surface area contributed by atoms with E-state index in [1.54, 1.807) is 12.3 Å². The van der Waals surface area contributed by atoms with Crippen LogP contribution >= 0.6 is 61.1 Å². The van der Waals surface area contributed by atoms with Crippen molar-refractivity contribution in [2.75, 3.05) is 0 Å². The van der Waals surface area contributed by atoms with Crippen LogP contribution < -0.4 is 10.3 Å². The van der Waals surface area contributed by atoms with Crippen molar-refractivity contribution in [1.29, 1.82) is 0 Å². The maximum absolute atomic E-state index is 13.2. The molecule has 0 aliphatic carbocycles. The molecule has 3 aromatic rings. The zero-order valence-corrected chi connectivity index (χ0v) is 23.6. The lowest BCUT2D eigenvalue weighted by atomic mass is 10.2. The summed E-state index contributed by atoms with van der Waals surface area (Å²) in [4.78, 5) is 17.9. The van der Waals surface area contributed by atoms with Crippen LogP contribution in [0.25, 0.3) is 10.9 Å². The van der Waals surface area contributed by atoms with Crippen molar-refractivity contribution in [2.45, 2.75) is 52.6 Å². The molecule has 31 heavy (non-hydrogen) atoms. The minimum atomic E-state index is -0.158. The van der Waals surface area contributed by atoms with Crippen molar-refractivity contribution < 1.29 is 4.74 Å². The van der Waals surface area contributed by atoms with Gasteiger partial charge in [0.25, 0.3) is 5.56 Å². The summed E-state index contributed by atoms with van der Waals surface area (Å²) in [5.41, 5.74) is 1.45. The Morgan fingerprint density at radius 1 is 1.23 bits per heavy atom. The van der Waals surface area contributed by atoms with Crippen molar-refractivity contribution in [2.24, 2.45) is 5.10 Å². The van der Waals surface area contributed by atoms with Gasteiger partial charge in [-0.1, -0.05) is 36.2 Å². The van der Waals surface area contributed by atoms with E-state index in [2.05, 4.69) is 87.0 Å². The van der Waals surface area contributed by atoms with Gasteiger partial charge in [0.1, 0.15) is 11.6 Å². The Hall–Kier alpha value is -1.01. The molecule has 0 radical (unpaired) electrons. The van der Waals surface area contributed by atoms with Gasteiger partial charge in [0.05, 0.1) is 30.4 Å². The second-order valence-electron chi connectivity index (χ2n) is 7.30. The summed E-state index contributed by atoms with van der Waals surface area (Å²) < 4.78 is 10.4. The third-order valence-corrected chi connectivity index (χ3v) is 6.96. The Balaban J connectivity index is 2.03. The Morgan fingerprint density at radius 3 is 2.58 bits per heavy atom. The molecule has 0 N–H and O–H groups in total. The van der Waals surface area contributed by atoms with E-state index >= 15 is 0 Å². The monoisotopic (exact) mass is 707 g/mol. The topological polar surface area (TPSA) is 56.5 Å². The molecule has 0 aliphatic rings. The van der Waals surface area contributed by atoms with Crippen LogP contribution in [0.2, 0.25) is 0 Å². The number of rotatable bonds is 8. The Morgan fingerprint density at radius 2 is 1.94 bits per heavy atom. The minimum absolute atomic E-state index is 0.157. The average molecular weight is 708 g/mol. The zero-order valence-electron chi connectivity index (χ0n) is 17.7. The van der Waals surface area contributed by atoms with E-state index in [1.165, 1.54) is 4.68 Å². The highest BCUT2D eigenvalue weighted by molar-refractivity contribution is 14.1. The molecule has 0 aliphatic heterocycles. The Labute approximate surface area is 218 Å². The van der Waals surface area contributed by atoms with Crippen LogP contribution in [0, 0.1) is 7.14 Å². The molecule has 3 rings (SSSR count). The van der Waals surface area contributed by atoms with Crippen LogP contribution in [0.4, 0.5) is 0 Å². The number of aryl methyl sites for hydroxylation is 1. The summed E-state index contributed by atoms with van der Waals surface area (Å²) in [5, 5.41) is 5.10. The first-order valence-corrected chi connectivity index (χ1v) is 13.2. The quantitative estimate of drug-likeness (QED) is 0.192. The van der Waals surface area contributed by atoms with Crippen LogP contribution in [0.5, 0.6) is 5.75 Å². The van der Waals surface area contributed by atoms with Crippen molar-refractivity contribution in [3.63, 3.8) is 0 Å². The highest BCUT2D eigenvalue weighted by Crippen LogP contribution is 2.30. The molecule has 0 bridgehead atoms. The first-order valence-electron chi connectivity index (χ1n) is 10.2. The van der Waals surface area contributed by atoms with E-state index in [0.717, 1.165) is 42.2 Å². The van der Waals surface area contributed by atoms with Crippen molar-refractivity contribution in [1.82, 2.24) is 9.66 Å². The number of hydrogen-bond donors (Lipinski definition) is 0. The van der Waals surface area contributed by atoms with Gasteiger partial charge in [0, 0.05) is 10.9 Å². The largest absolute Gasteiger partial charge is 0.489 e. The summed E-state index contributed by atoms with van der Waals surface area (Å²) in [7, 11) is 0. The highest BCUT2D eigenvalue weighted by Gasteiger charge is 2.13. The SMILES string of the molecule is CCCCc1nc2ccc(Br)cc2c(=O)n1N=Cc1cc(I)c(O[C@@H](C)CC)c(I)c1. The second-order valence-corrected chi connectivity index (χ2v) is 10.5. The van der Waals surface area contributed by atoms with E-state index in [0.29, 0.717) is 23.1 Å². The fourth-order valence-corrected chi connectivity index (χ4v) is 5.42. The molecule has 0 amide bonds. The van der Waals surface area contributed by atoms with Crippen LogP contribution in [0.3, 0.4) is 0 Å². The smallest absolute Gasteiger partial charge is 0.282 e. The summed E-state index contributed by atoms with van der Waals surface area (Å²) in [5.74, 6) is 1.57. The standard InChI is InChI=1S/C23H24BrI2N3O2/c1-4-6-7-21-28-20-9-8-16(24)12-17(20)23(30)29(21)27-13-15-10-18(25)22(19(26)11-15)31-14(3)5-2/h8-14H,4-7H2,1-3H3/t14-/m0/s1. The number of nitrogens with zero attached hydrogens (tertiary/aromatic N) is 3. The molecule has 8 heteroatoms. The lowest BCUT2D eigenvalue weighted by Crippen LogP contribution is -2.22. The number of aromatic nitrogens is 2. The van der Waals surface area contributed by atoms with Gasteiger partial charge in [-0.05, 0) is 101 Å². The molecule has 1 atom stereocenters. The fourth-order valence-electron chi connectivity index (χ4n) is 2.99. The summed E-state index contributed by atoms with van der Waals surface area (Å²) >= 11 is 8.01. The van der Waals surface area contributed by atoms with Crippen LogP contribution in [-0.4, -0.2) is 22.0 Å². The van der Waals surface area contributed by atoms with Gasteiger partial charge in [0.15, 0.2) is 0 Å². The molecule has 5 nitrogen and oxygen atoms in total. The number of unbranched alkanes of at least 4 members (excludes halogenated alkanes) is 1. The number of hydrogen-bond acceptors (Lipinski definition) is 4. The molecule has 1 heterocycles. The van der Waals surface area contributed by atoms with Gasteiger partial charge in [-0.3, -0.25) is 4.79 Å². The van der Waals surface area contributed by atoms with Crippen LogP contribution in [0.1, 0.15) is 51.4 Å². The first kappa shape index (κ1) is 24.6. The van der Waals surface area contributed by atoms with Crippen LogP contribution in [-0.2, 0) is 6.42 Å². The van der Waals surface area contributed by atoms with E-state index in [4.69, 9.17) is 9.72 Å². The van der Waals surface area contributed by atoms with Gasteiger partial charge in [-0.25, -0.2) is 4.98 Å². The molecule has 1 aromatic heterocycles. The van der Waals surface area contributed by atoms with Gasteiger partial charge in [-0.15, -0.1) is 0 Å². The van der Waals surface area contributed by atoms with E-state index < -0.39 is 0 Å². The maximum Gasteiger partial charge on any atom is 0.282 e. The minimum Gasteiger partial charge on any atom is -0.489 e. The second kappa shape index (κ2) is 11.2. The lowest BCUT2D eigenvalue weighted by molar-refractivity contribution is 0.214. The first-order chi connectivity index (χ1) is 14.8. The molecule has 0 unspecified atom stereocenters. The van der Waals surface area contributed by atoms with Gasteiger partial charge in [0.2, 0.25) is 0 Å². The Kier molecular flexibility index (Phi) is 8.91. The average Bonchev–Trinajstić information content (AvgIpc) is 2.74. The number of benzene rings is 2. The van der Waals surface area contributed by atoms with Gasteiger partial charge < -0.3 is 4.74 Å². The third-order valence-electron chi connectivity index (χ3n) is 4.87. The predicted octanol–water partition coefficient (Wildman–Crippen LogP) is 6.77. The molecular formula is C23H24BrI2N3O2. The predicted molar refractivity (Wildman–Crippen MR) is 148 cm³/mol. The number of ether oxygens (including phenoxy) is 1. The van der Waals surface area contributed by atoms with Gasteiger partial charge >= 0.3 is 0 Å². The molecular weight excluding hydrogens is 684 g/mol. The highest BCUT2D eigenvalue weighted by atomic mass is 127. The molecule has 2 aromatic carbocycles. The van der Waals surface area contributed by atoms with E-state index in [9.17, 15) is 4.79 Å². The summed E-state index contributed by atoms with van der Waals surface area (Å²) in [6, 6.07) is 9.61. The number of halogens is 3. The zero-order chi connectivity index (χ0) is 22.5. The molecule has 0 spiro atoms. The maximum atomic E-state index is 13.2. The van der Waals surface area contributed by atoms with Crippen molar-refractivity contribution in [3.05, 3.63) is 63.7 Å². The van der Waals surface area contributed by atoms with E-state index in [-0.39, 0.29) is 11.7 Å². The van der Waals surface area contributed by atoms with Crippen molar-refractivity contribution >= 4 is 78.2 Å². The van der Waals surface area contributed by atoms with Crippen LogP contribution in [0.15, 0.2) is 44.7 Å². The summed E-state index contributed by atoms with van der Waals surface area (Å²) in [6.07, 6.45) is 5.49. The normalized spacial score (nSPS) is 12.6. The molecule has 0 fully saturated rings.